The van der Waals surface area contributed by atoms with Crippen molar-refractivity contribution in [3.05, 3.63) is 65.1 Å². The van der Waals surface area contributed by atoms with Gasteiger partial charge in [-0.3, -0.25) is 14.2 Å². The Labute approximate surface area is 143 Å². The van der Waals surface area contributed by atoms with Gasteiger partial charge in [0.1, 0.15) is 11.6 Å². The summed E-state index contributed by atoms with van der Waals surface area (Å²) in [6, 6.07) is 9.94. The van der Waals surface area contributed by atoms with E-state index in [1.165, 1.54) is 34.9 Å². The molecule has 0 aliphatic carbocycles. The molecule has 3 N–H and O–H groups in total. The summed E-state index contributed by atoms with van der Waals surface area (Å²) >= 11 is 0. The number of halogens is 1. The molecule has 0 spiro atoms. The maximum absolute atomic E-state index is 13.5. The third kappa shape index (κ3) is 2.76. The Balaban J connectivity index is 2.30. The summed E-state index contributed by atoms with van der Waals surface area (Å²) in [5.74, 6) is -2.10. The molecule has 128 valence electrons. The van der Waals surface area contributed by atoms with Gasteiger partial charge < -0.3 is 10.8 Å². The lowest BCUT2D eigenvalue weighted by Crippen LogP contribution is -2.20. The Bertz CT molecular complexity index is 1010. The second-order valence-corrected chi connectivity index (χ2v) is 5.98. The van der Waals surface area contributed by atoms with Gasteiger partial charge in [-0.05, 0) is 55.8 Å². The number of primary amides is 1. The number of rotatable bonds is 3. The number of phenols is 1. The quantitative estimate of drug-likeness (QED) is 0.768. The average molecular weight is 340 g/mol. The molecule has 0 radical (unpaired) electrons. The Hall–Kier alpha value is -3.15. The highest BCUT2D eigenvalue weighted by atomic mass is 19.1. The van der Waals surface area contributed by atoms with Crippen LogP contribution >= 0.6 is 0 Å². The van der Waals surface area contributed by atoms with E-state index in [0.29, 0.717) is 22.2 Å². The van der Waals surface area contributed by atoms with E-state index in [9.17, 15) is 19.1 Å². The predicted molar refractivity (Wildman–Crippen MR) is 92.1 cm³/mol. The van der Waals surface area contributed by atoms with E-state index < -0.39 is 23.5 Å². The standard InChI is InChI=1S/C19H17FN2O3/c1-10(18(21)24)17-11(2)22(16-7-6-14(23)9-15(16)17)19(25)12-4-3-5-13(20)8-12/h3-10,23H,1-2H3,(H2,21,24)/t10-/m0/s1. The van der Waals surface area contributed by atoms with Gasteiger partial charge in [-0.25, -0.2) is 4.39 Å². The first kappa shape index (κ1) is 16.7. The minimum absolute atomic E-state index is 0.0146. The van der Waals surface area contributed by atoms with Crippen LogP contribution in [-0.2, 0) is 4.79 Å². The lowest BCUT2D eigenvalue weighted by Gasteiger charge is -2.10. The largest absolute Gasteiger partial charge is 0.508 e. The summed E-state index contributed by atoms with van der Waals surface area (Å²) in [6.07, 6.45) is 0. The van der Waals surface area contributed by atoms with Crippen LogP contribution in [0, 0.1) is 12.7 Å². The average Bonchev–Trinajstić information content (AvgIpc) is 2.84. The normalized spacial score (nSPS) is 12.3. The Morgan fingerprint density at radius 3 is 2.56 bits per heavy atom. The number of benzene rings is 2. The predicted octanol–water partition coefficient (Wildman–Crippen LogP) is 3.07. The first-order valence-corrected chi connectivity index (χ1v) is 7.74. The molecule has 0 saturated heterocycles. The Morgan fingerprint density at radius 1 is 1.20 bits per heavy atom. The molecule has 3 aromatic rings. The van der Waals surface area contributed by atoms with Crippen LogP contribution in [0.25, 0.3) is 10.9 Å². The smallest absolute Gasteiger partial charge is 0.262 e. The van der Waals surface area contributed by atoms with Crippen molar-refractivity contribution in [2.24, 2.45) is 5.73 Å². The highest BCUT2D eigenvalue weighted by Crippen LogP contribution is 2.34. The lowest BCUT2D eigenvalue weighted by atomic mass is 9.97. The molecule has 1 atom stereocenters. The number of aromatic hydroxyl groups is 1. The van der Waals surface area contributed by atoms with Crippen LogP contribution in [-0.4, -0.2) is 21.5 Å². The fourth-order valence-electron chi connectivity index (χ4n) is 3.13. The van der Waals surface area contributed by atoms with Crippen molar-refractivity contribution in [2.45, 2.75) is 19.8 Å². The van der Waals surface area contributed by atoms with Gasteiger partial charge in [0.05, 0.1) is 11.4 Å². The van der Waals surface area contributed by atoms with Crippen LogP contribution in [0.5, 0.6) is 5.75 Å². The zero-order valence-corrected chi connectivity index (χ0v) is 13.8. The van der Waals surface area contributed by atoms with E-state index >= 15 is 0 Å². The van der Waals surface area contributed by atoms with Crippen molar-refractivity contribution in [3.63, 3.8) is 0 Å². The fraction of sp³-hybridized carbons (Fsp3) is 0.158. The number of hydrogen-bond donors (Lipinski definition) is 2. The molecular weight excluding hydrogens is 323 g/mol. The van der Waals surface area contributed by atoms with Gasteiger partial charge in [0.2, 0.25) is 5.91 Å². The van der Waals surface area contributed by atoms with Gasteiger partial charge in [0.15, 0.2) is 0 Å². The van der Waals surface area contributed by atoms with Crippen molar-refractivity contribution in [3.8, 4) is 5.75 Å². The molecule has 1 heterocycles. The van der Waals surface area contributed by atoms with Gasteiger partial charge >= 0.3 is 0 Å². The number of nitrogens with two attached hydrogens (primary N) is 1. The molecule has 0 fully saturated rings. The van der Waals surface area contributed by atoms with Crippen molar-refractivity contribution >= 4 is 22.7 Å². The minimum atomic E-state index is -0.647. The van der Waals surface area contributed by atoms with E-state index in [-0.39, 0.29) is 11.3 Å². The maximum Gasteiger partial charge on any atom is 0.262 e. The summed E-state index contributed by atoms with van der Waals surface area (Å²) in [4.78, 5) is 24.6. The molecule has 6 heteroatoms. The van der Waals surface area contributed by atoms with Crippen LogP contribution in [0.2, 0.25) is 0 Å². The fourth-order valence-corrected chi connectivity index (χ4v) is 3.13. The van der Waals surface area contributed by atoms with Crippen LogP contribution in [0.4, 0.5) is 4.39 Å². The Morgan fingerprint density at radius 2 is 1.92 bits per heavy atom. The second kappa shape index (κ2) is 6.05. The molecule has 1 amide bonds. The summed E-state index contributed by atoms with van der Waals surface area (Å²) in [6.45, 7) is 3.34. The van der Waals surface area contributed by atoms with Gasteiger partial charge in [0.25, 0.3) is 5.91 Å². The van der Waals surface area contributed by atoms with E-state index in [1.54, 1.807) is 19.9 Å². The van der Waals surface area contributed by atoms with Crippen LogP contribution in [0.1, 0.15) is 34.5 Å². The highest BCUT2D eigenvalue weighted by molar-refractivity contribution is 6.05. The van der Waals surface area contributed by atoms with Gasteiger partial charge in [-0.15, -0.1) is 0 Å². The summed E-state index contributed by atoms with van der Waals surface area (Å²) in [5.41, 5.74) is 7.25. The molecule has 3 rings (SSSR count). The number of carbonyl (C=O) groups excluding carboxylic acids is 2. The minimum Gasteiger partial charge on any atom is -0.508 e. The number of fused-ring (bicyclic) bond motifs is 1. The van der Waals surface area contributed by atoms with E-state index in [1.807, 2.05) is 0 Å². The molecule has 5 nitrogen and oxygen atoms in total. The van der Waals surface area contributed by atoms with Gasteiger partial charge in [-0.1, -0.05) is 6.07 Å². The molecule has 0 saturated carbocycles. The topological polar surface area (TPSA) is 85.3 Å². The number of amides is 1. The van der Waals surface area contributed by atoms with Crippen LogP contribution < -0.4 is 5.73 Å². The number of aromatic nitrogens is 1. The van der Waals surface area contributed by atoms with E-state index in [0.717, 1.165) is 6.07 Å². The number of nitrogens with zero attached hydrogens (tertiary/aromatic N) is 1. The molecule has 1 aromatic heterocycles. The van der Waals surface area contributed by atoms with Crippen molar-refractivity contribution in [2.75, 3.05) is 0 Å². The molecule has 0 aliphatic rings. The first-order valence-electron chi connectivity index (χ1n) is 7.74. The summed E-state index contributed by atoms with van der Waals surface area (Å²) < 4.78 is 14.9. The Kier molecular flexibility index (Phi) is 4.04. The second-order valence-electron chi connectivity index (χ2n) is 5.98. The SMILES string of the molecule is Cc1c([C@H](C)C(N)=O)c2cc(O)ccc2n1C(=O)c1cccc(F)c1. The molecule has 25 heavy (non-hydrogen) atoms. The maximum atomic E-state index is 13.5. The van der Waals surface area contributed by atoms with E-state index in [2.05, 4.69) is 0 Å². The zero-order valence-electron chi connectivity index (χ0n) is 13.8. The van der Waals surface area contributed by atoms with Gasteiger partial charge in [0, 0.05) is 16.6 Å². The number of carbonyl (C=O) groups is 2. The van der Waals surface area contributed by atoms with Crippen molar-refractivity contribution in [1.29, 1.82) is 0 Å². The highest BCUT2D eigenvalue weighted by Gasteiger charge is 2.25. The van der Waals surface area contributed by atoms with Gasteiger partial charge in [-0.2, -0.15) is 0 Å². The van der Waals surface area contributed by atoms with E-state index in [4.69, 9.17) is 5.73 Å². The third-order valence-corrected chi connectivity index (χ3v) is 4.37. The third-order valence-electron chi connectivity index (χ3n) is 4.37. The molecular formula is C19H17FN2O3. The number of hydrogen-bond acceptors (Lipinski definition) is 3. The van der Waals surface area contributed by atoms with Crippen LogP contribution in [0.15, 0.2) is 42.5 Å². The monoisotopic (exact) mass is 340 g/mol. The number of phenolic OH excluding ortho intramolecular Hbond substituents is 1. The van der Waals surface area contributed by atoms with Crippen molar-refractivity contribution in [1.82, 2.24) is 4.57 Å². The zero-order chi connectivity index (χ0) is 18.3. The molecule has 2 aromatic carbocycles. The molecule has 0 unspecified atom stereocenters. The molecule has 0 bridgehead atoms. The summed E-state index contributed by atoms with van der Waals surface area (Å²) in [5, 5.41) is 10.4. The first-order chi connectivity index (χ1) is 11.8. The summed E-state index contributed by atoms with van der Waals surface area (Å²) in [7, 11) is 0. The lowest BCUT2D eigenvalue weighted by molar-refractivity contribution is -0.119. The van der Waals surface area contributed by atoms with Crippen molar-refractivity contribution < 1.29 is 19.1 Å². The van der Waals surface area contributed by atoms with Crippen LogP contribution in [0.3, 0.4) is 0 Å². The molecule has 0 aliphatic heterocycles.